The normalized spacial score (nSPS) is 17.3. The van der Waals surface area contributed by atoms with E-state index in [2.05, 4.69) is 16.3 Å². The molecule has 0 atom stereocenters. The smallest absolute Gasteiger partial charge is 0.258 e. The van der Waals surface area contributed by atoms with Gasteiger partial charge in [0.2, 0.25) is 0 Å². The number of pyridine rings is 1. The van der Waals surface area contributed by atoms with Crippen molar-refractivity contribution in [2.45, 2.75) is 66.2 Å². The molecule has 8 rings (SSSR count). The first-order valence-corrected chi connectivity index (χ1v) is 19.4. The van der Waals surface area contributed by atoms with Gasteiger partial charge in [-0.2, -0.15) is 0 Å². The number of halogens is 2. The molecule has 0 saturated carbocycles. The van der Waals surface area contributed by atoms with E-state index < -0.39 is 23.2 Å². The summed E-state index contributed by atoms with van der Waals surface area (Å²) in [5.41, 5.74) is 8.57. The molecule has 3 aliphatic heterocycles. The van der Waals surface area contributed by atoms with E-state index in [-0.39, 0.29) is 17.3 Å². The summed E-state index contributed by atoms with van der Waals surface area (Å²) in [7, 11) is 0. The fraction of sp³-hybridized carbons (Fsp3) is 0.348. The number of para-hydroxylation sites is 2. The van der Waals surface area contributed by atoms with Gasteiger partial charge in [0.15, 0.2) is 5.78 Å². The van der Waals surface area contributed by atoms with Crippen LogP contribution in [-0.4, -0.2) is 55.4 Å². The maximum Gasteiger partial charge on any atom is 0.258 e. The van der Waals surface area contributed by atoms with Gasteiger partial charge in [-0.3, -0.25) is 14.4 Å². The predicted octanol–water partition coefficient (Wildman–Crippen LogP) is 9.07. The van der Waals surface area contributed by atoms with Crippen molar-refractivity contribution >= 4 is 40.4 Å². The van der Waals surface area contributed by atoms with Crippen LogP contribution < -0.4 is 15.1 Å². The first kappa shape index (κ1) is 38.8. The monoisotopic (exact) mass is 758 g/mol. The standard InChI is InChI=1S/C29H26F2N2O2.C17H22N2O2/c1-18-11-13-21(14-12-18)29(35)33-16-15-19(2)23(22-7-4-5-10-26(22)33)17-20(3)28(34)32-27-24(30)8-6-9-25(27)31;1-12(20)14-9-13-3-2-4-15(13)18-16(14)19-10-17(11-19)5-7-21-8-6-17/h4-14,17H,15-16H2,1-3H3,(H,32,34);9H,2-8,10-11H2,1H3/b20-17+;. The summed E-state index contributed by atoms with van der Waals surface area (Å²) in [4.78, 5) is 47.1. The molecule has 10 heteroatoms. The lowest BCUT2D eigenvalue weighted by atomic mass is 9.73. The number of rotatable bonds is 6. The molecule has 0 bridgehead atoms. The van der Waals surface area contributed by atoms with Crippen molar-refractivity contribution in [1.29, 1.82) is 0 Å². The highest BCUT2D eigenvalue weighted by molar-refractivity contribution is 6.09. The molecular formula is C46H48F2N4O4. The third-order valence-electron chi connectivity index (χ3n) is 11.4. The van der Waals surface area contributed by atoms with Crippen LogP contribution in [0.25, 0.3) is 5.57 Å². The number of ketones is 1. The average Bonchev–Trinajstić information content (AvgIpc) is 3.60. The Bertz CT molecular complexity index is 2210. The molecule has 3 aromatic carbocycles. The van der Waals surface area contributed by atoms with Crippen LogP contribution in [0.3, 0.4) is 0 Å². The number of hydrogen-bond acceptors (Lipinski definition) is 6. The van der Waals surface area contributed by atoms with Crippen LogP contribution in [0.2, 0.25) is 0 Å². The number of hydrogen-bond donors (Lipinski definition) is 1. The van der Waals surface area contributed by atoms with Gasteiger partial charge in [0.1, 0.15) is 23.1 Å². The van der Waals surface area contributed by atoms with Crippen molar-refractivity contribution in [2.75, 3.05) is 48.0 Å². The van der Waals surface area contributed by atoms with Crippen LogP contribution in [0, 0.1) is 24.0 Å². The molecule has 1 aliphatic carbocycles. The average molecular weight is 759 g/mol. The Balaban J connectivity index is 0.000000193. The summed E-state index contributed by atoms with van der Waals surface area (Å²) >= 11 is 0. The molecule has 1 aromatic heterocycles. The largest absolute Gasteiger partial charge is 0.381 e. The van der Waals surface area contributed by atoms with Crippen molar-refractivity contribution in [2.24, 2.45) is 5.41 Å². The van der Waals surface area contributed by atoms with Crippen LogP contribution in [0.15, 0.2) is 90.0 Å². The zero-order chi connectivity index (χ0) is 39.6. The summed E-state index contributed by atoms with van der Waals surface area (Å²) in [5.74, 6) is -1.32. The molecule has 290 valence electrons. The number of amides is 2. The van der Waals surface area contributed by atoms with Crippen molar-refractivity contribution < 1.29 is 27.9 Å². The van der Waals surface area contributed by atoms with Gasteiger partial charge in [-0.1, -0.05) is 47.5 Å². The maximum absolute atomic E-state index is 14.0. The molecule has 8 nitrogen and oxygen atoms in total. The van der Waals surface area contributed by atoms with Gasteiger partial charge in [0.25, 0.3) is 11.8 Å². The Kier molecular flexibility index (Phi) is 11.3. The summed E-state index contributed by atoms with van der Waals surface area (Å²) in [6.45, 7) is 11.5. The number of fused-ring (bicyclic) bond motifs is 2. The lowest BCUT2D eigenvalue weighted by molar-refractivity contribution is -0.112. The summed E-state index contributed by atoms with van der Waals surface area (Å²) in [5, 5.41) is 2.33. The van der Waals surface area contributed by atoms with Crippen LogP contribution in [0.5, 0.6) is 0 Å². The number of benzene rings is 3. The minimum Gasteiger partial charge on any atom is -0.381 e. The highest BCUT2D eigenvalue weighted by Gasteiger charge is 2.45. The molecule has 0 radical (unpaired) electrons. The number of anilines is 3. The highest BCUT2D eigenvalue weighted by Crippen LogP contribution is 2.43. The molecular weight excluding hydrogens is 711 g/mol. The van der Waals surface area contributed by atoms with Gasteiger partial charge in [-0.25, -0.2) is 13.8 Å². The van der Waals surface area contributed by atoms with Crippen molar-refractivity contribution in [3.05, 3.63) is 135 Å². The van der Waals surface area contributed by atoms with E-state index in [0.29, 0.717) is 23.9 Å². The maximum atomic E-state index is 14.0. The van der Waals surface area contributed by atoms with Gasteiger partial charge in [0, 0.05) is 60.7 Å². The molecule has 4 aromatic rings. The predicted molar refractivity (Wildman–Crippen MR) is 216 cm³/mol. The van der Waals surface area contributed by atoms with E-state index in [0.717, 1.165) is 103 Å². The number of nitrogens with one attached hydrogen (secondary N) is 1. The SMILES string of the molecule is CC(=O)c1cc2c(nc1N1CC3(CCOCC3)C1)CCC2.CC1=C(/C=C(\C)C(=O)Nc2c(F)cccc2F)c2ccccc2N(C(=O)c2ccc(C)cc2)CC1. The number of Topliss-reactive ketones (excluding diaryl/α,β-unsaturated/α-hetero) is 1. The van der Waals surface area contributed by atoms with E-state index in [1.807, 2.05) is 62.4 Å². The van der Waals surface area contributed by atoms with Crippen LogP contribution in [0.4, 0.5) is 26.0 Å². The van der Waals surface area contributed by atoms with Gasteiger partial charge in [-0.15, -0.1) is 0 Å². The summed E-state index contributed by atoms with van der Waals surface area (Å²) in [6.07, 6.45) is 7.91. The van der Waals surface area contributed by atoms with Crippen molar-refractivity contribution in [3.8, 4) is 0 Å². The number of aryl methyl sites for hydroxylation is 3. The molecule has 4 aliphatic rings. The second-order valence-electron chi connectivity index (χ2n) is 15.5. The third kappa shape index (κ3) is 8.07. The number of carbonyl (C=O) groups is 3. The van der Waals surface area contributed by atoms with Gasteiger partial charge in [0.05, 0.1) is 11.3 Å². The van der Waals surface area contributed by atoms with Crippen LogP contribution >= 0.6 is 0 Å². The molecule has 2 saturated heterocycles. The molecule has 0 unspecified atom stereocenters. The Morgan fingerprint density at radius 3 is 2.27 bits per heavy atom. The Hall–Kier alpha value is -5.48. The first-order valence-electron chi connectivity index (χ1n) is 19.4. The number of allylic oxidation sites excluding steroid dienone is 2. The number of carbonyl (C=O) groups excluding carboxylic acids is 3. The van der Waals surface area contributed by atoms with Crippen molar-refractivity contribution in [3.63, 3.8) is 0 Å². The number of ether oxygens (including phenoxy) is 1. The molecule has 2 fully saturated rings. The quantitative estimate of drug-likeness (QED) is 0.156. The van der Waals surface area contributed by atoms with E-state index in [1.54, 1.807) is 24.8 Å². The minimum atomic E-state index is -0.841. The lowest BCUT2D eigenvalue weighted by Crippen LogP contribution is -2.59. The van der Waals surface area contributed by atoms with Crippen molar-refractivity contribution in [1.82, 2.24) is 4.98 Å². The molecule has 2 amide bonds. The molecule has 4 heterocycles. The second kappa shape index (κ2) is 16.3. The lowest BCUT2D eigenvalue weighted by Gasteiger charge is -2.53. The van der Waals surface area contributed by atoms with Gasteiger partial charge < -0.3 is 19.9 Å². The number of nitrogens with zero attached hydrogens (tertiary/aromatic N) is 3. The third-order valence-corrected chi connectivity index (χ3v) is 11.4. The van der Waals surface area contributed by atoms with Gasteiger partial charge >= 0.3 is 0 Å². The molecule has 1 spiro atoms. The van der Waals surface area contributed by atoms with E-state index in [9.17, 15) is 23.2 Å². The van der Waals surface area contributed by atoms with E-state index in [1.165, 1.54) is 23.7 Å². The van der Waals surface area contributed by atoms with Crippen LogP contribution in [0.1, 0.15) is 89.6 Å². The van der Waals surface area contributed by atoms with Gasteiger partial charge in [-0.05, 0) is 120 Å². The van der Waals surface area contributed by atoms with E-state index >= 15 is 0 Å². The fourth-order valence-corrected chi connectivity index (χ4v) is 8.07. The minimum absolute atomic E-state index is 0.0972. The highest BCUT2D eigenvalue weighted by atomic mass is 19.1. The summed E-state index contributed by atoms with van der Waals surface area (Å²) < 4.78 is 33.5. The Morgan fingerprint density at radius 1 is 0.875 bits per heavy atom. The first-order chi connectivity index (χ1) is 26.9. The topological polar surface area (TPSA) is 91.8 Å². The van der Waals surface area contributed by atoms with E-state index in [4.69, 9.17) is 9.72 Å². The molecule has 56 heavy (non-hydrogen) atoms. The zero-order valence-corrected chi connectivity index (χ0v) is 32.5. The summed E-state index contributed by atoms with van der Waals surface area (Å²) in [6, 6.07) is 20.5. The Morgan fingerprint density at radius 2 is 1.57 bits per heavy atom. The fourth-order valence-electron chi connectivity index (χ4n) is 8.07. The second-order valence-corrected chi connectivity index (χ2v) is 15.5. The Labute approximate surface area is 327 Å². The number of aromatic nitrogens is 1. The van der Waals surface area contributed by atoms with Crippen LogP contribution in [-0.2, 0) is 22.4 Å². The molecule has 1 N–H and O–H groups in total. The zero-order valence-electron chi connectivity index (χ0n) is 32.5.